The maximum Gasteiger partial charge on any atom is 0.118 e. The van der Waals surface area contributed by atoms with Gasteiger partial charge in [0, 0.05) is 4.88 Å². The molecule has 20 heavy (non-hydrogen) atoms. The summed E-state index contributed by atoms with van der Waals surface area (Å²) in [4.78, 5) is 6.40. The second-order valence-corrected chi connectivity index (χ2v) is 7.16. The predicted octanol–water partition coefficient (Wildman–Crippen LogP) is 3.56. The number of aryl methyl sites for hydroxylation is 3. The monoisotopic (exact) mass is 284 g/mol. The minimum Gasteiger partial charge on any atom is -0.316 e. The van der Waals surface area contributed by atoms with Gasteiger partial charge in [-0.05, 0) is 49.7 Å². The molecule has 4 rings (SSSR count). The van der Waals surface area contributed by atoms with E-state index in [0.717, 1.165) is 24.3 Å². The first-order valence-electron chi connectivity index (χ1n) is 7.64. The van der Waals surface area contributed by atoms with Crippen LogP contribution in [0.3, 0.4) is 0 Å². The molecule has 1 aromatic carbocycles. The van der Waals surface area contributed by atoms with Crippen molar-refractivity contribution in [1.29, 1.82) is 0 Å². The summed E-state index contributed by atoms with van der Waals surface area (Å²) in [5.74, 6) is 0. The lowest BCUT2D eigenvalue weighted by Gasteiger charge is -2.28. The van der Waals surface area contributed by atoms with E-state index in [0.29, 0.717) is 0 Å². The van der Waals surface area contributed by atoms with Crippen LogP contribution in [-0.4, -0.2) is 4.98 Å². The Balaban J connectivity index is 1.85. The van der Waals surface area contributed by atoms with E-state index in [9.17, 15) is 0 Å². The number of hydrogen-bond acceptors (Lipinski definition) is 3. The second-order valence-electron chi connectivity index (χ2n) is 6.08. The molecule has 0 saturated heterocycles. The standard InChI is InChI=1S/C17H20N2S/c18-17(16-19-14-9-5-10-15(14)20-16)11-4-3-7-12-6-1-2-8-13(12)17/h1-2,6,8H,3-5,7,9-11,18H2. The number of thiazole rings is 1. The molecule has 2 N–H and O–H groups in total. The fourth-order valence-corrected chi connectivity index (χ4v) is 4.93. The van der Waals surface area contributed by atoms with Crippen LogP contribution >= 0.6 is 11.3 Å². The number of hydrogen-bond donors (Lipinski definition) is 1. The molecule has 1 aromatic heterocycles. The van der Waals surface area contributed by atoms with Crippen molar-refractivity contribution in [1.82, 2.24) is 4.98 Å². The lowest BCUT2D eigenvalue weighted by atomic mass is 9.86. The highest BCUT2D eigenvalue weighted by atomic mass is 32.1. The fourth-order valence-electron chi connectivity index (χ4n) is 3.63. The molecule has 2 aliphatic carbocycles. The van der Waals surface area contributed by atoms with Crippen molar-refractivity contribution in [3.63, 3.8) is 0 Å². The van der Waals surface area contributed by atoms with Crippen molar-refractivity contribution in [2.45, 2.75) is 50.5 Å². The second kappa shape index (κ2) is 4.68. The highest BCUT2D eigenvalue weighted by Gasteiger charge is 2.37. The average Bonchev–Trinajstić information content (AvgIpc) is 3.01. The van der Waals surface area contributed by atoms with Gasteiger partial charge in [-0.3, -0.25) is 0 Å². The summed E-state index contributed by atoms with van der Waals surface area (Å²) < 4.78 is 0. The molecular formula is C17H20N2S. The third kappa shape index (κ3) is 1.84. The van der Waals surface area contributed by atoms with Gasteiger partial charge in [0.15, 0.2) is 0 Å². The molecule has 0 bridgehead atoms. The molecule has 0 amide bonds. The maximum absolute atomic E-state index is 6.90. The van der Waals surface area contributed by atoms with Gasteiger partial charge in [-0.15, -0.1) is 11.3 Å². The molecule has 3 heteroatoms. The normalized spacial score (nSPS) is 25.1. The summed E-state index contributed by atoms with van der Waals surface area (Å²) in [7, 11) is 0. The average molecular weight is 284 g/mol. The molecule has 0 saturated carbocycles. The summed E-state index contributed by atoms with van der Waals surface area (Å²) >= 11 is 1.86. The van der Waals surface area contributed by atoms with Crippen LogP contribution in [0.15, 0.2) is 24.3 Å². The van der Waals surface area contributed by atoms with Gasteiger partial charge in [0.2, 0.25) is 0 Å². The number of nitrogens with two attached hydrogens (primary N) is 1. The van der Waals surface area contributed by atoms with Crippen LogP contribution in [0.2, 0.25) is 0 Å². The summed E-state index contributed by atoms with van der Waals surface area (Å²) in [5, 5.41) is 1.15. The van der Waals surface area contributed by atoms with Crippen LogP contribution in [0.25, 0.3) is 0 Å². The molecule has 2 aromatic rings. The maximum atomic E-state index is 6.90. The molecule has 0 radical (unpaired) electrons. The van der Waals surface area contributed by atoms with Crippen molar-refractivity contribution in [2.75, 3.05) is 0 Å². The fraction of sp³-hybridized carbons (Fsp3) is 0.471. The molecule has 0 spiro atoms. The minimum atomic E-state index is -0.359. The minimum absolute atomic E-state index is 0.359. The van der Waals surface area contributed by atoms with Crippen molar-refractivity contribution in [2.24, 2.45) is 5.73 Å². The molecule has 0 aliphatic heterocycles. The van der Waals surface area contributed by atoms with Crippen molar-refractivity contribution in [3.8, 4) is 0 Å². The summed E-state index contributed by atoms with van der Waals surface area (Å²) in [6.45, 7) is 0. The van der Waals surface area contributed by atoms with Gasteiger partial charge in [-0.25, -0.2) is 4.98 Å². The van der Waals surface area contributed by atoms with Gasteiger partial charge >= 0.3 is 0 Å². The number of benzene rings is 1. The summed E-state index contributed by atoms with van der Waals surface area (Å²) in [6, 6.07) is 8.70. The zero-order valence-corrected chi connectivity index (χ0v) is 12.5. The lowest BCUT2D eigenvalue weighted by Crippen LogP contribution is -2.38. The number of aromatic nitrogens is 1. The van der Waals surface area contributed by atoms with E-state index < -0.39 is 0 Å². The van der Waals surface area contributed by atoms with Crippen LogP contribution < -0.4 is 5.73 Å². The Kier molecular flexibility index (Phi) is 2.93. The Morgan fingerprint density at radius 1 is 1.05 bits per heavy atom. The molecule has 104 valence electrons. The van der Waals surface area contributed by atoms with Crippen LogP contribution in [0.5, 0.6) is 0 Å². The van der Waals surface area contributed by atoms with Crippen molar-refractivity contribution < 1.29 is 0 Å². The third-order valence-corrected chi connectivity index (χ3v) is 6.08. The van der Waals surface area contributed by atoms with E-state index >= 15 is 0 Å². The lowest BCUT2D eigenvalue weighted by molar-refractivity contribution is 0.476. The van der Waals surface area contributed by atoms with E-state index in [2.05, 4.69) is 24.3 Å². The van der Waals surface area contributed by atoms with Gasteiger partial charge in [-0.2, -0.15) is 0 Å². The summed E-state index contributed by atoms with van der Waals surface area (Å²) in [6.07, 6.45) is 8.21. The Labute approximate surface area is 124 Å². The molecule has 2 nitrogen and oxygen atoms in total. The summed E-state index contributed by atoms with van der Waals surface area (Å²) in [5.41, 5.74) is 10.6. The van der Waals surface area contributed by atoms with Gasteiger partial charge < -0.3 is 5.73 Å². The highest BCUT2D eigenvalue weighted by Crippen LogP contribution is 2.41. The van der Waals surface area contributed by atoms with E-state index in [1.54, 1.807) is 0 Å². The van der Waals surface area contributed by atoms with E-state index in [4.69, 9.17) is 10.7 Å². The smallest absolute Gasteiger partial charge is 0.118 e. The Morgan fingerprint density at radius 2 is 1.95 bits per heavy atom. The Hall–Kier alpha value is -1.19. The van der Waals surface area contributed by atoms with Crippen LogP contribution in [0.1, 0.15) is 52.4 Å². The molecule has 2 aliphatic rings. The Morgan fingerprint density at radius 3 is 2.85 bits per heavy atom. The molecule has 0 fully saturated rings. The SMILES string of the molecule is NC1(c2nc3c(s2)CCC3)CCCCc2ccccc21. The van der Waals surface area contributed by atoms with Gasteiger partial charge in [0.05, 0.1) is 11.2 Å². The number of fused-ring (bicyclic) bond motifs is 2. The zero-order valence-electron chi connectivity index (χ0n) is 11.7. The first kappa shape index (κ1) is 12.5. The first-order valence-corrected chi connectivity index (χ1v) is 8.45. The topological polar surface area (TPSA) is 38.9 Å². The quantitative estimate of drug-likeness (QED) is 0.813. The van der Waals surface area contributed by atoms with Crippen molar-refractivity contribution in [3.05, 3.63) is 51.0 Å². The largest absolute Gasteiger partial charge is 0.316 e. The Bertz CT molecular complexity index is 625. The third-order valence-electron chi connectivity index (χ3n) is 4.74. The number of nitrogens with zero attached hydrogens (tertiary/aromatic N) is 1. The first-order chi connectivity index (χ1) is 9.77. The molecule has 1 atom stereocenters. The van der Waals surface area contributed by atoms with Crippen LogP contribution in [0, 0.1) is 0 Å². The highest BCUT2D eigenvalue weighted by molar-refractivity contribution is 7.12. The van der Waals surface area contributed by atoms with Crippen LogP contribution in [0.4, 0.5) is 0 Å². The van der Waals surface area contributed by atoms with E-state index in [1.165, 1.54) is 47.4 Å². The van der Waals surface area contributed by atoms with Crippen LogP contribution in [-0.2, 0) is 24.8 Å². The molecular weight excluding hydrogens is 264 g/mol. The van der Waals surface area contributed by atoms with Gasteiger partial charge in [0.25, 0.3) is 0 Å². The predicted molar refractivity (Wildman–Crippen MR) is 83.1 cm³/mol. The molecule has 1 heterocycles. The van der Waals surface area contributed by atoms with E-state index in [-0.39, 0.29) is 5.54 Å². The van der Waals surface area contributed by atoms with Gasteiger partial charge in [0.1, 0.15) is 5.01 Å². The van der Waals surface area contributed by atoms with Crippen molar-refractivity contribution >= 4 is 11.3 Å². The molecule has 1 unspecified atom stereocenters. The van der Waals surface area contributed by atoms with Gasteiger partial charge in [-0.1, -0.05) is 30.7 Å². The zero-order chi connectivity index (χ0) is 13.6. The van der Waals surface area contributed by atoms with E-state index in [1.807, 2.05) is 11.3 Å². The number of rotatable bonds is 1.